The first-order chi connectivity index (χ1) is 8.95. The number of rotatable bonds is 3. The Morgan fingerprint density at radius 2 is 1.79 bits per heavy atom. The third-order valence-electron chi connectivity index (χ3n) is 4.13. The van der Waals surface area contributed by atoms with Crippen molar-refractivity contribution in [1.29, 1.82) is 0 Å². The minimum absolute atomic E-state index is 0.234. The van der Waals surface area contributed by atoms with E-state index in [9.17, 15) is 0 Å². The van der Waals surface area contributed by atoms with Gasteiger partial charge in [-0.05, 0) is 60.6 Å². The number of aromatic nitrogens is 1. The first kappa shape index (κ1) is 13.8. The molecule has 0 fully saturated rings. The molecule has 1 nitrogen and oxygen atoms in total. The van der Waals surface area contributed by atoms with Crippen LogP contribution in [0.3, 0.4) is 0 Å². The smallest absolute Gasteiger partial charge is 0.0704 e. The lowest BCUT2D eigenvalue weighted by atomic mass is 9.78. The topological polar surface area (TPSA) is 12.9 Å². The quantitative estimate of drug-likeness (QED) is 0.745. The minimum atomic E-state index is 0.234. The summed E-state index contributed by atoms with van der Waals surface area (Å²) in [5.74, 6) is 0. The molecule has 0 N–H and O–H groups in total. The second-order valence-electron chi connectivity index (χ2n) is 5.93. The normalized spacial score (nSPS) is 11.6. The van der Waals surface area contributed by atoms with Crippen molar-refractivity contribution in [2.45, 2.75) is 46.5 Å². The van der Waals surface area contributed by atoms with Crippen LogP contribution in [0.2, 0.25) is 0 Å². The van der Waals surface area contributed by atoms with E-state index >= 15 is 0 Å². The molecule has 2 aromatic rings. The molecule has 0 atom stereocenters. The summed E-state index contributed by atoms with van der Waals surface area (Å²) in [5.41, 5.74) is 6.65. The highest BCUT2D eigenvalue weighted by molar-refractivity contribution is 5.65. The highest BCUT2D eigenvalue weighted by Gasteiger charge is 2.21. The van der Waals surface area contributed by atoms with Crippen molar-refractivity contribution < 1.29 is 0 Å². The van der Waals surface area contributed by atoms with Gasteiger partial charge in [-0.3, -0.25) is 4.98 Å². The van der Waals surface area contributed by atoms with Crippen LogP contribution in [0.15, 0.2) is 36.5 Å². The fourth-order valence-electron chi connectivity index (χ4n) is 2.53. The molecule has 0 radical (unpaired) electrons. The molecule has 1 heteroatoms. The summed E-state index contributed by atoms with van der Waals surface area (Å²) in [6.07, 6.45) is 3.00. The fraction of sp³-hybridized carbons (Fsp3) is 0.389. The summed E-state index contributed by atoms with van der Waals surface area (Å²) in [5, 5.41) is 0. The second kappa shape index (κ2) is 5.16. The van der Waals surface area contributed by atoms with E-state index in [2.05, 4.69) is 57.8 Å². The lowest BCUT2D eigenvalue weighted by Gasteiger charge is -2.27. The zero-order valence-electron chi connectivity index (χ0n) is 12.6. The van der Waals surface area contributed by atoms with Gasteiger partial charge in [0.05, 0.1) is 5.69 Å². The molecule has 0 amide bonds. The fourth-order valence-corrected chi connectivity index (χ4v) is 2.53. The predicted molar refractivity (Wildman–Crippen MR) is 82.5 cm³/mol. The summed E-state index contributed by atoms with van der Waals surface area (Å²) in [6, 6.07) is 10.7. The van der Waals surface area contributed by atoms with Crippen molar-refractivity contribution in [3.8, 4) is 11.3 Å². The van der Waals surface area contributed by atoms with Crippen LogP contribution in [0, 0.1) is 13.8 Å². The summed E-state index contributed by atoms with van der Waals surface area (Å²) < 4.78 is 0. The Morgan fingerprint density at radius 1 is 1.05 bits per heavy atom. The number of hydrogen-bond acceptors (Lipinski definition) is 1. The average molecular weight is 253 g/mol. The molecule has 0 saturated carbocycles. The number of aryl methyl sites for hydroxylation is 2. The molecule has 0 bridgehead atoms. The Balaban J connectivity index is 2.55. The molecule has 1 aromatic carbocycles. The monoisotopic (exact) mass is 253 g/mol. The number of hydrogen-bond donors (Lipinski definition) is 0. The van der Waals surface area contributed by atoms with Crippen molar-refractivity contribution in [3.63, 3.8) is 0 Å². The summed E-state index contributed by atoms with van der Waals surface area (Å²) in [6.45, 7) is 11.3. The maximum atomic E-state index is 4.46. The van der Waals surface area contributed by atoms with E-state index in [1.54, 1.807) is 0 Å². The van der Waals surface area contributed by atoms with Gasteiger partial charge in [0.1, 0.15) is 0 Å². The van der Waals surface area contributed by atoms with Gasteiger partial charge >= 0.3 is 0 Å². The third-order valence-corrected chi connectivity index (χ3v) is 4.13. The van der Waals surface area contributed by atoms with Gasteiger partial charge in [-0.2, -0.15) is 0 Å². The van der Waals surface area contributed by atoms with Gasteiger partial charge in [0.2, 0.25) is 0 Å². The van der Waals surface area contributed by atoms with Crippen molar-refractivity contribution in [2.75, 3.05) is 0 Å². The van der Waals surface area contributed by atoms with E-state index in [1.165, 1.54) is 22.3 Å². The Labute approximate surface area is 116 Å². The molecular weight excluding hydrogens is 230 g/mol. The van der Waals surface area contributed by atoms with Crippen LogP contribution in [0.4, 0.5) is 0 Å². The highest BCUT2D eigenvalue weighted by atomic mass is 14.7. The average Bonchev–Trinajstić information content (AvgIpc) is 2.41. The van der Waals surface area contributed by atoms with Crippen LogP contribution in [0.25, 0.3) is 11.3 Å². The first-order valence-corrected chi connectivity index (χ1v) is 6.99. The van der Waals surface area contributed by atoms with Crippen LogP contribution in [0.5, 0.6) is 0 Å². The van der Waals surface area contributed by atoms with Crippen LogP contribution in [-0.2, 0) is 5.41 Å². The predicted octanol–water partition coefficient (Wildman–Crippen LogP) is 5.05. The van der Waals surface area contributed by atoms with Gasteiger partial charge in [0.25, 0.3) is 0 Å². The van der Waals surface area contributed by atoms with Gasteiger partial charge in [-0.25, -0.2) is 0 Å². The molecule has 0 saturated heterocycles. The summed E-state index contributed by atoms with van der Waals surface area (Å²) in [7, 11) is 0. The van der Waals surface area contributed by atoms with Gasteiger partial charge in [0, 0.05) is 11.8 Å². The molecule has 0 aliphatic carbocycles. The van der Waals surface area contributed by atoms with Gasteiger partial charge in [0.15, 0.2) is 0 Å². The molecule has 0 aliphatic rings. The Kier molecular flexibility index (Phi) is 3.75. The van der Waals surface area contributed by atoms with Crippen molar-refractivity contribution in [1.82, 2.24) is 4.98 Å². The molecule has 1 aromatic heterocycles. The highest BCUT2D eigenvalue weighted by Crippen LogP contribution is 2.33. The lowest BCUT2D eigenvalue weighted by molar-refractivity contribution is 0.503. The molecule has 19 heavy (non-hydrogen) atoms. The van der Waals surface area contributed by atoms with Gasteiger partial charge in [-0.15, -0.1) is 0 Å². The zero-order valence-corrected chi connectivity index (χ0v) is 12.6. The van der Waals surface area contributed by atoms with Crippen molar-refractivity contribution >= 4 is 0 Å². The molecule has 0 aliphatic heterocycles. The van der Waals surface area contributed by atoms with Gasteiger partial charge < -0.3 is 0 Å². The van der Waals surface area contributed by atoms with E-state index in [1.807, 2.05) is 18.3 Å². The zero-order chi connectivity index (χ0) is 14.0. The molecule has 0 spiro atoms. The van der Waals surface area contributed by atoms with Crippen LogP contribution < -0.4 is 0 Å². The van der Waals surface area contributed by atoms with Crippen molar-refractivity contribution in [2.24, 2.45) is 0 Å². The second-order valence-corrected chi connectivity index (χ2v) is 5.93. The third kappa shape index (κ3) is 2.70. The molecular formula is C18H23N. The van der Waals surface area contributed by atoms with E-state index in [4.69, 9.17) is 0 Å². The maximum Gasteiger partial charge on any atom is 0.0704 e. The van der Waals surface area contributed by atoms with E-state index in [-0.39, 0.29) is 5.41 Å². The number of nitrogens with zero attached hydrogens (tertiary/aromatic N) is 1. The number of benzene rings is 1. The SMILES string of the molecule is CCC(C)(C)c1cc(C)c(-c2ccccn2)cc1C. The van der Waals surface area contributed by atoms with E-state index in [0.29, 0.717) is 0 Å². The van der Waals surface area contributed by atoms with Gasteiger partial charge in [-0.1, -0.05) is 32.9 Å². The molecule has 0 unspecified atom stereocenters. The number of pyridine rings is 1. The van der Waals surface area contributed by atoms with Crippen LogP contribution in [-0.4, -0.2) is 4.98 Å². The summed E-state index contributed by atoms with van der Waals surface area (Å²) >= 11 is 0. The standard InChI is InChI=1S/C18H23N/c1-6-18(4,5)16-12-13(2)15(11-14(16)3)17-9-7-8-10-19-17/h7-12H,6H2,1-5H3. The van der Waals surface area contributed by atoms with Crippen LogP contribution >= 0.6 is 0 Å². The first-order valence-electron chi connectivity index (χ1n) is 6.99. The molecule has 2 rings (SSSR count). The molecule has 1 heterocycles. The van der Waals surface area contributed by atoms with Crippen molar-refractivity contribution in [3.05, 3.63) is 53.2 Å². The maximum absolute atomic E-state index is 4.46. The van der Waals surface area contributed by atoms with Crippen LogP contribution in [0.1, 0.15) is 43.9 Å². The largest absolute Gasteiger partial charge is 0.256 e. The Bertz CT molecular complexity index is 568. The Hall–Kier alpha value is -1.63. The Morgan fingerprint density at radius 3 is 2.37 bits per heavy atom. The lowest BCUT2D eigenvalue weighted by Crippen LogP contribution is -2.17. The molecule has 100 valence electrons. The summed E-state index contributed by atoms with van der Waals surface area (Å²) in [4.78, 5) is 4.46. The van der Waals surface area contributed by atoms with E-state index < -0.39 is 0 Å². The van der Waals surface area contributed by atoms with E-state index in [0.717, 1.165) is 12.1 Å². The minimum Gasteiger partial charge on any atom is -0.256 e.